The van der Waals surface area contributed by atoms with Gasteiger partial charge >= 0.3 is 5.97 Å². The fourth-order valence-corrected chi connectivity index (χ4v) is 3.55. The van der Waals surface area contributed by atoms with Crippen molar-refractivity contribution in [2.45, 2.75) is 43.4 Å². The van der Waals surface area contributed by atoms with Crippen LogP contribution >= 0.6 is 11.6 Å². The summed E-state index contributed by atoms with van der Waals surface area (Å²) < 4.78 is 5.25. The first kappa shape index (κ1) is 12.2. The third kappa shape index (κ3) is 1.21. The first-order valence-electron chi connectivity index (χ1n) is 6.27. The van der Waals surface area contributed by atoms with Crippen molar-refractivity contribution in [2.24, 2.45) is 11.8 Å². The van der Waals surface area contributed by atoms with Crippen molar-refractivity contribution >= 4 is 23.5 Å². The number of nitrogens with one attached hydrogen (secondary N) is 1. The fraction of sp³-hybridized carbons (Fsp3) is 0.833. The van der Waals surface area contributed by atoms with Crippen molar-refractivity contribution in [2.75, 3.05) is 5.88 Å². The molecule has 3 aliphatic rings. The molecule has 6 heteroatoms. The van der Waals surface area contributed by atoms with Gasteiger partial charge in [0.15, 0.2) is 5.60 Å². The fourth-order valence-electron chi connectivity index (χ4n) is 3.33. The molecule has 1 amide bonds. The highest BCUT2D eigenvalue weighted by Crippen LogP contribution is 2.55. The average molecular weight is 274 g/mol. The van der Waals surface area contributed by atoms with E-state index in [4.69, 9.17) is 16.3 Å². The lowest BCUT2D eigenvalue weighted by Gasteiger charge is -2.53. The van der Waals surface area contributed by atoms with Gasteiger partial charge in [0.1, 0.15) is 0 Å². The molecular formula is C12H16ClNO4. The summed E-state index contributed by atoms with van der Waals surface area (Å²) in [5.41, 5.74) is -2.21. The minimum atomic E-state index is -1.25. The maximum Gasteiger partial charge on any atom is 0.339 e. The molecule has 0 unspecified atom stereocenters. The molecule has 0 spiro atoms. The lowest BCUT2D eigenvalue weighted by molar-refractivity contribution is -0.236. The summed E-state index contributed by atoms with van der Waals surface area (Å²) in [6.45, 7) is 1.72. The molecule has 1 aliphatic carbocycles. The Morgan fingerprint density at radius 1 is 1.56 bits per heavy atom. The van der Waals surface area contributed by atoms with E-state index >= 15 is 0 Å². The first-order valence-corrected chi connectivity index (χ1v) is 6.80. The van der Waals surface area contributed by atoms with Crippen molar-refractivity contribution < 1.29 is 19.4 Å². The molecule has 0 aromatic carbocycles. The van der Waals surface area contributed by atoms with Gasteiger partial charge < -0.3 is 15.2 Å². The molecule has 1 saturated carbocycles. The molecule has 0 radical (unpaired) electrons. The lowest BCUT2D eigenvalue weighted by Crippen LogP contribution is -2.79. The molecule has 2 N–H and O–H groups in total. The molecule has 0 aromatic rings. The number of halogens is 1. The molecular weight excluding hydrogens is 258 g/mol. The zero-order valence-electron chi connectivity index (χ0n) is 10.1. The second-order valence-corrected chi connectivity index (χ2v) is 5.98. The van der Waals surface area contributed by atoms with E-state index in [1.165, 1.54) is 0 Å². The number of carbonyl (C=O) groups is 2. The van der Waals surface area contributed by atoms with Crippen LogP contribution in [-0.4, -0.2) is 40.1 Å². The Morgan fingerprint density at radius 3 is 2.72 bits per heavy atom. The third-order valence-corrected chi connectivity index (χ3v) is 4.84. The van der Waals surface area contributed by atoms with E-state index in [2.05, 4.69) is 5.32 Å². The van der Waals surface area contributed by atoms with Gasteiger partial charge in [-0.05, 0) is 32.1 Å². The Morgan fingerprint density at radius 2 is 2.22 bits per heavy atom. The van der Waals surface area contributed by atoms with Crippen LogP contribution in [0.3, 0.4) is 0 Å². The standard InChI is InChI=1S/C12H16ClNO4/c1-11-7(4-5-13)9(16)14-12(11,10(17)18-11)8(15)6-2-3-6/h6-8,15H,2-5H2,1H3,(H,14,16)/t7-,8-,11-,12-/m0/s1. The number of ether oxygens (including phenoxy) is 1. The van der Waals surface area contributed by atoms with Crippen LogP contribution in [0.15, 0.2) is 0 Å². The number of fused-ring (bicyclic) bond motifs is 1. The van der Waals surface area contributed by atoms with Crippen molar-refractivity contribution in [3.63, 3.8) is 0 Å². The predicted octanol–water partition coefficient (Wildman–Crippen LogP) is 0.186. The molecule has 4 atom stereocenters. The van der Waals surface area contributed by atoms with Gasteiger partial charge in [0, 0.05) is 5.88 Å². The minimum Gasteiger partial charge on any atom is -0.453 e. The van der Waals surface area contributed by atoms with Gasteiger partial charge in [-0.3, -0.25) is 4.79 Å². The number of amides is 1. The van der Waals surface area contributed by atoms with Crippen LogP contribution in [0, 0.1) is 11.8 Å². The summed E-state index contributed by atoms with van der Waals surface area (Å²) in [5.74, 6) is -0.826. The molecule has 0 bridgehead atoms. The van der Waals surface area contributed by atoms with Gasteiger partial charge in [0.25, 0.3) is 0 Å². The summed E-state index contributed by atoms with van der Waals surface area (Å²) in [5, 5.41) is 13.1. The molecule has 3 fully saturated rings. The number of esters is 1. The highest BCUT2D eigenvalue weighted by Gasteiger charge is 2.79. The topological polar surface area (TPSA) is 75.6 Å². The molecule has 2 heterocycles. The maximum absolute atomic E-state index is 12.0. The molecule has 3 rings (SSSR count). The lowest BCUT2D eigenvalue weighted by atomic mass is 9.67. The van der Waals surface area contributed by atoms with E-state index in [0.717, 1.165) is 12.8 Å². The van der Waals surface area contributed by atoms with Crippen LogP contribution in [0.4, 0.5) is 0 Å². The number of rotatable bonds is 4. The van der Waals surface area contributed by atoms with Crippen LogP contribution in [0.5, 0.6) is 0 Å². The highest BCUT2D eigenvalue weighted by molar-refractivity contribution is 6.18. The van der Waals surface area contributed by atoms with E-state index in [1.54, 1.807) is 6.92 Å². The van der Waals surface area contributed by atoms with Crippen LogP contribution < -0.4 is 5.32 Å². The third-order valence-electron chi connectivity index (χ3n) is 4.62. The number of aliphatic hydroxyl groups is 1. The zero-order valence-corrected chi connectivity index (χ0v) is 10.9. The summed E-state index contributed by atoms with van der Waals surface area (Å²) in [4.78, 5) is 23.9. The number of aliphatic hydroxyl groups excluding tert-OH is 1. The van der Waals surface area contributed by atoms with Crippen LogP contribution in [0.2, 0.25) is 0 Å². The molecule has 0 aromatic heterocycles. The van der Waals surface area contributed by atoms with Crippen molar-refractivity contribution in [3.8, 4) is 0 Å². The molecule has 2 aliphatic heterocycles. The summed E-state index contributed by atoms with van der Waals surface area (Å²) in [6, 6.07) is 0. The van der Waals surface area contributed by atoms with Crippen LogP contribution in [0.25, 0.3) is 0 Å². The number of carbonyl (C=O) groups excluding carboxylic acids is 2. The summed E-state index contributed by atoms with van der Waals surface area (Å²) in [7, 11) is 0. The Kier molecular flexibility index (Phi) is 2.45. The second-order valence-electron chi connectivity index (χ2n) is 5.61. The van der Waals surface area contributed by atoms with E-state index in [1.807, 2.05) is 0 Å². The Bertz CT molecular complexity index is 424. The Labute approximate surface area is 110 Å². The molecule has 100 valence electrons. The minimum absolute atomic E-state index is 0.0900. The number of hydrogen-bond acceptors (Lipinski definition) is 4. The number of alkyl halides is 1. The Hall–Kier alpha value is -0.810. The van der Waals surface area contributed by atoms with Gasteiger partial charge in [0.2, 0.25) is 11.4 Å². The van der Waals surface area contributed by atoms with Gasteiger partial charge in [-0.2, -0.15) is 0 Å². The summed E-state index contributed by atoms with van der Waals surface area (Å²) >= 11 is 5.70. The second kappa shape index (κ2) is 3.61. The molecule has 2 saturated heterocycles. The van der Waals surface area contributed by atoms with Gasteiger partial charge in [0.05, 0.1) is 12.0 Å². The summed E-state index contributed by atoms with van der Waals surface area (Å²) in [6.07, 6.45) is 1.37. The molecule has 18 heavy (non-hydrogen) atoms. The van der Waals surface area contributed by atoms with Crippen molar-refractivity contribution in [1.29, 1.82) is 0 Å². The van der Waals surface area contributed by atoms with Crippen LogP contribution in [-0.2, 0) is 14.3 Å². The maximum atomic E-state index is 12.0. The average Bonchev–Trinajstić information content (AvgIpc) is 3.12. The van der Waals surface area contributed by atoms with Gasteiger partial charge in [-0.25, -0.2) is 4.79 Å². The van der Waals surface area contributed by atoms with E-state index < -0.39 is 29.1 Å². The van der Waals surface area contributed by atoms with E-state index in [-0.39, 0.29) is 11.8 Å². The van der Waals surface area contributed by atoms with Gasteiger partial charge in [-0.1, -0.05) is 0 Å². The van der Waals surface area contributed by atoms with Crippen LogP contribution in [0.1, 0.15) is 26.2 Å². The van der Waals surface area contributed by atoms with Crippen molar-refractivity contribution in [1.82, 2.24) is 5.32 Å². The quantitative estimate of drug-likeness (QED) is 0.566. The van der Waals surface area contributed by atoms with E-state index in [9.17, 15) is 14.7 Å². The predicted molar refractivity (Wildman–Crippen MR) is 62.9 cm³/mol. The first-order chi connectivity index (χ1) is 8.47. The monoisotopic (exact) mass is 273 g/mol. The SMILES string of the molecule is C[C@@]12OC(=O)[C@]1([C@@H](O)C1CC1)NC(=O)[C@@H]2CCCl. The Balaban J connectivity index is 1.97. The van der Waals surface area contributed by atoms with E-state index in [0.29, 0.717) is 12.3 Å². The largest absolute Gasteiger partial charge is 0.453 e. The normalized spacial score (nSPS) is 43.8. The highest BCUT2D eigenvalue weighted by atomic mass is 35.5. The molecule has 5 nitrogen and oxygen atoms in total. The van der Waals surface area contributed by atoms with Crippen molar-refractivity contribution in [3.05, 3.63) is 0 Å². The van der Waals surface area contributed by atoms with Gasteiger partial charge in [-0.15, -0.1) is 11.6 Å². The number of hydrogen-bond donors (Lipinski definition) is 2. The smallest absolute Gasteiger partial charge is 0.339 e. The zero-order chi connectivity index (χ0) is 13.1.